The van der Waals surface area contributed by atoms with Gasteiger partial charge in [-0.1, -0.05) is 12.5 Å². The van der Waals surface area contributed by atoms with Crippen LogP contribution in [0.1, 0.15) is 31.2 Å². The molecule has 9 heteroatoms. The van der Waals surface area contributed by atoms with Crippen LogP contribution in [0.15, 0.2) is 24.3 Å². The van der Waals surface area contributed by atoms with Crippen molar-refractivity contribution in [2.45, 2.75) is 25.7 Å². The van der Waals surface area contributed by atoms with E-state index in [0.29, 0.717) is 30.0 Å². The molecule has 0 atom stereocenters. The first-order chi connectivity index (χ1) is 14.0. The van der Waals surface area contributed by atoms with E-state index in [-0.39, 0.29) is 19.1 Å². The van der Waals surface area contributed by atoms with E-state index >= 15 is 0 Å². The molecule has 9 nitrogen and oxygen atoms in total. The molecule has 154 valence electrons. The highest BCUT2D eigenvalue weighted by atomic mass is 16.5. The van der Waals surface area contributed by atoms with Crippen LogP contribution in [0.5, 0.6) is 11.5 Å². The number of methoxy groups -OCH3 is 1. The molecule has 1 aliphatic rings. The van der Waals surface area contributed by atoms with E-state index in [0.717, 1.165) is 19.3 Å². The maximum atomic E-state index is 12.0. The van der Waals surface area contributed by atoms with Crippen molar-refractivity contribution in [3.63, 3.8) is 0 Å². The van der Waals surface area contributed by atoms with Crippen molar-refractivity contribution in [2.24, 2.45) is 0 Å². The van der Waals surface area contributed by atoms with Crippen molar-refractivity contribution >= 4 is 23.8 Å². The van der Waals surface area contributed by atoms with Gasteiger partial charge in [0.1, 0.15) is 12.6 Å². The van der Waals surface area contributed by atoms with Crippen LogP contribution in [0.3, 0.4) is 0 Å². The number of nitrogens with one attached hydrogen (secondary N) is 2. The Hall–Kier alpha value is -3.54. The molecule has 3 amide bonds. The van der Waals surface area contributed by atoms with Gasteiger partial charge in [-0.05, 0) is 36.6 Å². The Morgan fingerprint density at radius 3 is 2.83 bits per heavy atom. The summed E-state index contributed by atoms with van der Waals surface area (Å²) < 4.78 is 10.4. The molecular weight excluding hydrogens is 376 g/mol. The zero-order valence-electron chi connectivity index (χ0n) is 16.3. The maximum Gasteiger partial charge on any atom is 0.262 e. The average Bonchev–Trinajstić information content (AvgIpc) is 2.93. The van der Waals surface area contributed by atoms with Gasteiger partial charge in [-0.15, -0.1) is 0 Å². The summed E-state index contributed by atoms with van der Waals surface area (Å²) in [5, 5.41) is 8.58. The van der Waals surface area contributed by atoms with Gasteiger partial charge < -0.3 is 14.4 Å². The van der Waals surface area contributed by atoms with E-state index < -0.39 is 11.8 Å². The van der Waals surface area contributed by atoms with Crippen LogP contribution in [0.25, 0.3) is 6.08 Å². The Bertz CT molecular complexity index is 816. The van der Waals surface area contributed by atoms with Crippen LogP contribution in [0.2, 0.25) is 0 Å². The molecule has 1 heterocycles. The normalized spacial score (nSPS) is 14.1. The zero-order chi connectivity index (χ0) is 21.1. The largest absolute Gasteiger partial charge is 0.493 e. The summed E-state index contributed by atoms with van der Waals surface area (Å²) in [6.45, 7) is 0.372. The summed E-state index contributed by atoms with van der Waals surface area (Å²) in [5.74, 6) is -0.170. The third-order valence-corrected chi connectivity index (χ3v) is 4.24. The maximum absolute atomic E-state index is 12.0. The number of amides is 3. The summed E-state index contributed by atoms with van der Waals surface area (Å²) in [6, 6.07) is 6.86. The molecule has 0 saturated carbocycles. The highest BCUT2D eigenvalue weighted by Crippen LogP contribution is 2.28. The van der Waals surface area contributed by atoms with Gasteiger partial charge in [0.2, 0.25) is 5.91 Å². The van der Waals surface area contributed by atoms with Gasteiger partial charge >= 0.3 is 0 Å². The third-order valence-electron chi connectivity index (χ3n) is 4.24. The van der Waals surface area contributed by atoms with Crippen LogP contribution in [-0.2, 0) is 14.4 Å². The quantitative estimate of drug-likeness (QED) is 0.523. The summed E-state index contributed by atoms with van der Waals surface area (Å²) >= 11 is 0. The van der Waals surface area contributed by atoms with Gasteiger partial charge in [0.15, 0.2) is 18.1 Å². The zero-order valence-corrected chi connectivity index (χ0v) is 16.3. The smallest absolute Gasteiger partial charge is 0.262 e. The molecule has 1 fully saturated rings. The molecule has 0 aliphatic carbocycles. The highest BCUT2D eigenvalue weighted by Gasteiger charge is 2.19. The van der Waals surface area contributed by atoms with E-state index in [4.69, 9.17) is 14.7 Å². The van der Waals surface area contributed by atoms with Crippen LogP contribution < -0.4 is 20.3 Å². The first-order valence-electron chi connectivity index (χ1n) is 9.26. The number of nitriles is 1. The molecule has 0 spiro atoms. The SMILES string of the molecule is COc1cc(/C=C/C(=O)NNC(=O)CN2CCCCCC2=O)ccc1OCC#N. The first-order valence-corrected chi connectivity index (χ1v) is 9.26. The van der Waals surface area contributed by atoms with Crippen molar-refractivity contribution in [3.8, 4) is 17.6 Å². The number of rotatable bonds is 7. The number of carbonyl (C=O) groups is 3. The lowest BCUT2D eigenvalue weighted by Crippen LogP contribution is -2.47. The van der Waals surface area contributed by atoms with Crippen molar-refractivity contribution in [1.82, 2.24) is 15.8 Å². The van der Waals surface area contributed by atoms with Gasteiger partial charge in [-0.3, -0.25) is 25.2 Å². The fraction of sp³-hybridized carbons (Fsp3) is 0.400. The fourth-order valence-electron chi connectivity index (χ4n) is 2.78. The Balaban J connectivity index is 1.83. The van der Waals surface area contributed by atoms with Gasteiger partial charge in [0.25, 0.3) is 11.8 Å². The minimum atomic E-state index is -0.524. The van der Waals surface area contributed by atoms with Crippen LogP contribution >= 0.6 is 0 Å². The van der Waals surface area contributed by atoms with Crippen molar-refractivity contribution in [3.05, 3.63) is 29.8 Å². The minimum absolute atomic E-state index is 0.0417. The molecule has 1 aliphatic heterocycles. The molecule has 0 aromatic heterocycles. The van der Waals surface area contributed by atoms with Crippen LogP contribution in [0.4, 0.5) is 0 Å². The number of hydrogen-bond acceptors (Lipinski definition) is 6. The van der Waals surface area contributed by atoms with Crippen LogP contribution in [-0.4, -0.2) is 49.4 Å². The van der Waals surface area contributed by atoms with Crippen molar-refractivity contribution in [2.75, 3.05) is 26.8 Å². The number of hydrogen-bond donors (Lipinski definition) is 2. The van der Waals surface area contributed by atoms with E-state index in [9.17, 15) is 14.4 Å². The number of ether oxygens (including phenoxy) is 2. The standard InChI is InChI=1S/C20H24N4O5/c1-28-17-13-15(6-8-16(17)29-12-10-21)7-9-18(25)22-23-19(26)14-24-11-4-2-3-5-20(24)27/h6-9,13H,2-5,11-12,14H2,1H3,(H,22,25)(H,23,26)/b9-7+. The van der Waals surface area contributed by atoms with Gasteiger partial charge in [0, 0.05) is 19.0 Å². The second-order valence-corrected chi connectivity index (χ2v) is 6.35. The molecule has 2 N–H and O–H groups in total. The van der Waals surface area contributed by atoms with E-state index in [1.54, 1.807) is 18.2 Å². The van der Waals surface area contributed by atoms with E-state index in [2.05, 4.69) is 10.9 Å². The predicted octanol–water partition coefficient (Wildman–Crippen LogP) is 1.16. The molecule has 1 saturated heterocycles. The molecule has 0 radical (unpaired) electrons. The number of likely N-dealkylation sites (tertiary alicyclic amines) is 1. The number of benzene rings is 1. The van der Waals surface area contributed by atoms with Gasteiger partial charge in [-0.25, -0.2) is 0 Å². The Morgan fingerprint density at radius 1 is 1.24 bits per heavy atom. The molecule has 0 bridgehead atoms. The minimum Gasteiger partial charge on any atom is -0.493 e. The molecule has 0 unspecified atom stereocenters. The van der Waals surface area contributed by atoms with E-state index in [1.807, 2.05) is 6.07 Å². The lowest BCUT2D eigenvalue weighted by Gasteiger charge is -2.19. The molecule has 1 aromatic rings. The Morgan fingerprint density at radius 2 is 2.07 bits per heavy atom. The number of nitrogens with zero attached hydrogens (tertiary/aromatic N) is 2. The lowest BCUT2D eigenvalue weighted by molar-refractivity contribution is -0.136. The van der Waals surface area contributed by atoms with Crippen LogP contribution in [0, 0.1) is 11.3 Å². The first kappa shape index (κ1) is 21.8. The second kappa shape index (κ2) is 11.3. The molecule has 29 heavy (non-hydrogen) atoms. The number of carbonyl (C=O) groups excluding carboxylic acids is 3. The number of hydrazine groups is 1. The topological polar surface area (TPSA) is 121 Å². The summed E-state index contributed by atoms with van der Waals surface area (Å²) in [6.07, 6.45) is 5.93. The molecule has 1 aromatic carbocycles. The summed E-state index contributed by atoms with van der Waals surface area (Å²) in [4.78, 5) is 37.3. The third kappa shape index (κ3) is 7.18. The average molecular weight is 400 g/mol. The Labute approximate surface area is 169 Å². The van der Waals surface area contributed by atoms with E-state index in [1.165, 1.54) is 24.2 Å². The summed E-state index contributed by atoms with van der Waals surface area (Å²) in [7, 11) is 1.47. The monoisotopic (exact) mass is 400 g/mol. The highest BCUT2D eigenvalue weighted by molar-refractivity contribution is 5.93. The Kier molecular flexibility index (Phi) is 8.51. The fourth-order valence-corrected chi connectivity index (χ4v) is 2.78. The van der Waals surface area contributed by atoms with Crippen molar-refractivity contribution < 1.29 is 23.9 Å². The predicted molar refractivity (Wildman–Crippen MR) is 104 cm³/mol. The lowest BCUT2D eigenvalue weighted by atomic mass is 10.2. The van der Waals surface area contributed by atoms with Crippen molar-refractivity contribution in [1.29, 1.82) is 5.26 Å². The second-order valence-electron chi connectivity index (χ2n) is 6.35. The molecular formula is C20H24N4O5. The summed E-state index contributed by atoms with van der Waals surface area (Å²) in [5.41, 5.74) is 5.26. The molecule has 2 rings (SSSR count). The van der Waals surface area contributed by atoms with Gasteiger partial charge in [0.05, 0.1) is 7.11 Å². The van der Waals surface area contributed by atoms with Gasteiger partial charge in [-0.2, -0.15) is 5.26 Å².